The van der Waals surface area contributed by atoms with E-state index < -0.39 is 0 Å². The molecule has 0 atom stereocenters. The second-order valence-corrected chi connectivity index (χ2v) is 4.73. The maximum atomic E-state index is 12.9. The second kappa shape index (κ2) is 4.10. The predicted octanol–water partition coefficient (Wildman–Crippen LogP) is 3.51. The maximum Gasteiger partial charge on any atom is 0.123 e. The van der Waals surface area contributed by atoms with Crippen LogP contribution >= 0.6 is 15.9 Å². The van der Waals surface area contributed by atoms with Crippen molar-refractivity contribution in [2.45, 2.75) is 0 Å². The van der Waals surface area contributed by atoms with E-state index in [4.69, 9.17) is 5.73 Å². The van der Waals surface area contributed by atoms with Crippen molar-refractivity contribution < 1.29 is 4.39 Å². The fraction of sp³-hybridized carbons (Fsp3) is 0. The van der Waals surface area contributed by atoms with E-state index in [1.165, 1.54) is 12.1 Å². The lowest BCUT2D eigenvalue weighted by Gasteiger charge is -2.04. The molecular weight excluding hydrogens is 297 g/mol. The Balaban J connectivity index is 2.25. The Kier molecular flexibility index (Phi) is 2.56. The molecule has 18 heavy (non-hydrogen) atoms. The summed E-state index contributed by atoms with van der Waals surface area (Å²) >= 11 is 3.44. The number of nitrogens with zero attached hydrogens (tertiary/aromatic N) is 2. The van der Waals surface area contributed by atoms with Crippen molar-refractivity contribution in [1.29, 1.82) is 0 Å². The summed E-state index contributed by atoms with van der Waals surface area (Å²) in [5, 5.41) is 5.24. The van der Waals surface area contributed by atoms with Gasteiger partial charge >= 0.3 is 0 Å². The first kappa shape index (κ1) is 11.2. The number of fused-ring (bicyclic) bond motifs is 1. The van der Waals surface area contributed by atoms with Gasteiger partial charge in [0.15, 0.2) is 0 Å². The summed E-state index contributed by atoms with van der Waals surface area (Å²) in [6.07, 6.45) is 1.74. The fourth-order valence-electron chi connectivity index (χ4n) is 1.87. The zero-order valence-corrected chi connectivity index (χ0v) is 10.9. The Morgan fingerprint density at radius 1 is 1.11 bits per heavy atom. The van der Waals surface area contributed by atoms with Gasteiger partial charge in [-0.05, 0) is 52.3 Å². The van der Waals surface area contributed by atoms with Gasteiger partial charge in [0, 0.05) is 11.1 Å². The average molecular weight is 306 g/mol. The molecule has 0 aliphatic rings. The van der Waals surface area contributed by atoms with Gasteiger partial charge in [-0.2, -0.15) is 5.10 Å². The minimum atomic E-state index is -0.263. The van der Waals surface area contributed by atoms with Gasteiger partial charge in [-0.25, -0.2) is 9.07 Å². The molecule has 0 saturated heterocycles. The summed E-state index contributed by atoms with van der Waals surface area (Å²) in [7, 11) is 0. The van der Waals surface area contributed by atoms with Crippen LogP contribution in [-0.4, -0.2) is 9.78 Å². The van der Waals surface area contributed by atoms with Gasteiger partial charge in [-0.15, -0.1) is 0 Å². The SMILES string of the molecule is Nc1ccc2c(cnn2-c2ccc(F)cc2)c1Br. The molecule has 3 rings (SSSR count). The Labute approximate surface area is 111 Å². The van der Waals surface area contributed by atoms with E-state index in [9.17, 15) is 4.39 Å². The number of halogens is 2. The van der Waals surface area contributed by atoms with Crippen LogP contribution in [0.5, 0.6) is 0 Å². The van der Waals surface area contributed by atoms with Crippen LogP contribution in [0.25, 0.3) is 16.6 Å². The predicted molar refractivity (Wildman–Crippen MR) is 73.1 cm³/mol. The molecule has 0 radical (unpaired) electrons. The van der Waals surface area contributed by atoms with Crippen LogP contribution in [-0.2, 0) is 0 Å². The molecule has 3 aromatic rings. The number of rotatable bonds is 1. The molecule has 0 aliphatic heterocycles. The largest absolute Gasteiger partial charge is 0.398 e. The number of nitrogens with two attached hydrogens (primary N) is 1. The molecule has 3 nitrogen and oxygen atoms in total. The van der Waals surface area contributed by atoms with E-state index in [1.807, 2.05) is 12.1 Å². The van der Waals surface area contributed by atoms with Gasteiger partial charge < -0.3 is 5.73 Å². The van der Waals surface area contributed by atoms with Gasteiger partial charge in [0.2, 0.25) is 0 Å². The van der Waals surface area contributed by atoms with Crippen molar-refractivity contribution in [2.75, 3.05) is 5.73 Å². The van der Waals surface area contributed by atoms with Crippen molar-refractivity contribution in [3.05, 3.63) is 52.9 Å². The minimum absolute atomic E-state index is 0.263. The normalized spacial score (nSPS) is 11.0. The van der Waals surface area contributed by atoms with Gasteiger partial charge in [0.1, 0.15) is 5.82 Å². The lowest BCUT2D eigenvalue weighted by molar-refractivity contribution is 0.627. The first-order chi connectivity index (χ1) is 8.66. The molecule has 2 aromatic carbocycles. The third kappa shape index (κ3) is 1.67. The first-order valence-corrected chi connectivity index (χ1v) is 6.14. The van der Waals surface area contributed by atoms with E-state index in [0.717, 1.165) is 21.1 Å². The smallest absolute Gasteiger partial charge is 0.123 e. The second-order valence-electron chi connectivity index (χ2n) is 3.93. The van der Waals surface area contributed by atoms with E-state index in [-0.39, 0.29) is 5.82 Å². The monoisotopic (exact) mass is 305 g/mol. The molecule has 0 bridgehead atoms. The highest BCUT2D eigenvalue weighted by Crippen LogP contribution is 2.30. The quantitative estimate of drug-likeness (QED) is 0.699. The topological polar surface area (TPSA) is 43.8 Å². The molecule has 90 valence electrons. The third-order valence-corrected chi connectivity index (χ3v) is 3.67. The molecule has 0 saturated carbocycles. The van der Waals surface area contributed by atoms with E-state index >= 15 is 0 Å². The van der Waals surface area contributed by atoms with Crippen LogP contribution in [0.1, 0.15) is 0 Å². The Morgan fingerprint density at radius 3 is 2.56 bits per heavy atom. The van der Waals surface area contributed by atoms with E-state index in [2.05, 4.69) is 21.0 Å². The molecule has 1 heterocycles. The molecule has 1 aromatic heterocycles. The summed E-state index contributed by atoms with van der Waals surface area (Å²) in [4.78, 5) is 0. The summed E-state index contributed by atoms with van der Waals surface area (Å²) in [6.45, 7) is 0. The molecule has 0 spiro atoms. The average Bonchev–Trinajstić information content (AvgIpc) is 2.79. The lowest BCUT2D eigenvalue weighted by Crippen LogP contribution is -1.96. The van der Waals surface area contributed by atoms with Gasteiger partial charge in [-0.1, -0.05) is 0 Å². The van der Waals surface area contributed by atoms with Gasteiger partial charge in [-0.3, -0.25) is 0 Å². The summed E-state index contributed by atoms with van der Waals surface area (Å²) in [5.41, 5.74) is 8.22. The minimum Gasteiger partial charge on any atom is -0.398 e. The molecule has 0 unspecified atom stereocenters. The maximum absolute atomic E-state index is 12.9. The number of hydrogen-bond acceptors (Lipinski definition) is 2. The molecule has 0 amide bonds. The van der Waals surface area contributed by atoms with Crippen molar-refractivity contribution in [2.24, 2.45) is 0 Å². The summed E-state index contributed by atoms with van der Waals surface area (Å²) in [6, 6.07) is 9.91. The molecule has 5 heteroatoms. The number of nitrogen functional groups attached to an aromatic ring is 1. The highest BCUT2D eigenvalue weighted by Gasteiger charge is 2.09. The lowest BCUT2D eigenvalue weighted by atomic mass is 10.2. The molecule has 0 aliphatic carbocycles. The Hall–Kier alpha value is -1.88. The third-order valence-electron chi connectivity index (χ3n) is 2.79. The summed E-state index contributed by atoms with van der Waals surface area (Å²) in [5.74, 6) is -0.263. The molecule has 0 fully saturated rings. The number of hydrogen-bond donors (Lipinski definition) is 1. The molecule has 2 N–H and O–H groups in total. The van der Waals surface area contributed by atoms with Crippen molar-refractivity contribution in [3.8, 4) is 5.69 Å². The first-order valence-electron chi connectivity index (χ1n) is 5.34. The van der Waals surface area contributed by atoms with E-state index in [0.29, 0.717) is 5.69 Å². The zero-order chi connectivity index (χ0) is 12.7. The van der Waals surface area contributed by atoms with Crippen LogP contribution in [0, 0.1) is 5.82 Å². The van der Waals surface area contributed by atoms with Crippen molar-refractivity contribution >= 4 is 32.5 Å². The van der Waals surface area contributed by atoms with Crippen LogP contribution in [0.15, 0.2) is 47.1 Å². The van der Waals surface area contributed by atoms with Gasteiger partial charge in [0.05, 0.1) is 21.9 Å². The molecular formula is C13H9BrFN3. The highest BCUT2D eigenvalue weighted by molar-refractivity contribution is 9.10. The fourth-order valence-corrected chi connectivity index (χ4v) is 2.31. The number of anilines is 1. The van der Waals surface area contributed by atoms with Crippen molar-refractivity contribution in [1.82, 2.24) is 9.78 Å². The van der Waals surface area contributed by atoms with Gasteiger partial charge in [0.25, 0.3) is 0 Å². The van der Waals surface area contributed by atoms with E-state index in [1.54, 1.807) is 23.0 Å². The Morgan fingerprint density at radius 2 is 1.83 bits per heavy atom. The number of benzene rings is 2. The van der Waals surface area contributed by atoms with Crippen LogP contribution in [0.2, 0.25) is 0 Å². The highest BCUT2D eigenvalue weighted by atomic mass is 79.9. The van der Waals surface area contributed by atoms with Crippen LogP contribution in [0.3, 0.4) is 0 Å². The summed E-state index contributed by atoms with van der Waals surface area (Å²) < 4.78 is 15.5. The van der Waals surface area contributed by atoms with Crippen LogP contribution < -0.4 is 5.73 Å². The standard InChI is InChI=1S/C13H9BrFN3/c14-13-10-7-17-18(12(10)6-5-11(13)16)9-3-1-8(15)2-4-9/h1-7H,16H2. The van der Waals surface area contributed by atoms with Crippen LogP contribution in [0.4, 0.5) is 10.1 Å². The number of aromatic nitrogens is 2. The van der Waals surface area contributed by atoms with Crippen molar-refractivity contribution in [3.63, 3.8) is 0 Å². The zero-order valence-electron chi connectivity index (χ0n) is 9.27. The Bertz CT molecular complexity index is 719.